The Labute approximate surface area is 108 Å². The molecule has 6 heteroatoms. The molecule has 0 aliphatic heterocycles. The van der Waals surface area contributed by atoms with Crippen LogP contribution in [0.2, 0.25) is 0 Å². The second-order valence-corrected chi connectivity index (χ2v) is 5.35. The monoisotopic (exact) mass is 253 g/mol. The van der Waals surface area contributed by atoms with Gasteiger partial charge in [-0.1, -0.05) is 12.8 Å². The number of nitrogens with zero attached hydrogens (tertiary/aromatic N) is 4. The van der Waals surface area contributed by atoms with E-state index in [4.69, 9.17) is 0 Å². The highest BCUT2D eigenvalue weighted by atomic mass is 16.3. The van der Waals surface area contributed by atoms with Crippen LogP contribution in [0.1, 0.15) is 51.4 Å². The molecule has 2 N–H and O–H groups in total. The Kier molecular flexibility index (Phi) is 4.66. The lowest BCUT2D eigenvalue weighted by Gasteiger charge is -2.30. The van der Waals surface area contributed by atoms with Crippen LogP contribution in [0.25, 0.3) is 0 Å². The number of hydrogen-bond acceptors (Lipinski definition) is 5. The van der Waals surface area contributed by atoms with E-state index in [9.17, 15) is 5.11 Å². The first-order valence-electron chi connectivity index (χ1n) is 6.83. The first-order chi connectivity index (χ1) is 8.72. The van der Waals surface area contributed by atoms with E-state index in [0.29, 0.717) is 18.5 Å². The van der Waals surface area contributed by atoms with Crippen LogP contribution in [0.15, 0.2) is 0 Å². The number of aliphatic hydroxyl groups is 1. The third kappa shape index (κ3) is 3.05. The number of hydrogen-bond donors (Lipinski definition) is 2. The van der Waals surface area contributed by atoms with E-state index in [2.05, 4.69) is 34.7 Å². The fraction of sp³-hybridized carbons (Fsp3) is 0.917. The molecule has 18 heavy (non-hydrogen) atoms. The van der Waals surface area contributed by atoms with Crippen molar-refractivity contribution in [1.82, 2.24) is 25.5 Å². The van der Waals surface area contributed by atoms with Crippen LogP contribution in [0, 0.1) is 5.92 Å². The van der Waals surface area contributed by atoms with Gasteiger partial charge in [0, 0.05) is 12.6 Å². The van der Waals surface area contributed by atoms with Crippen LogP contribution in [0.4, 0.5) is 0 Å². The maximum Gasteiger partial charge on any atom is 0.165 e. The summed E-state index contributed by atoms with van der Waals surface area (Å²) in [6.07, 6.45) is 4.72. The molecule has 1 saturated carbocycles. The van der Waals surface area contributed by atoms with E-state index in [-0.39, 0.29) is 12.6 Å². The Morgan fingerprint density at radius 1 is 1.39 bits per heavy atom. The van der Waals surface area contributed by atoms with Gasteiger partial charge in [-0.2, -0.15) is 0 Å². The van der Waals surface area contributed by atoms with Crippen LogP contribution in [0.5, 0.6) is 0 Å². The summed E-state index contributed by atoms with van der Waals surface area (Å²) in [5.74, 6) is 1.24. The summed E-state index contributed by atoms with van der Waals surface area (Å²) in [6.45, 7) is 5.08. The first kappa shape index (κ1) is 13.4. The molecule has 1 heterocycles. The normalized spacial score (nSPS) is 24.7. The van der Waals surface area contributed by atoms with Gasteiger partial charge in [0.2, 0.25) is 0 Å². The maximum atomic E-state index is 9.38. The second-order valence-electron chi connectivity index (χ2n) is 5.35. The van der Waals surface area contributed by atoms with Crippen molar-refractivity contribution in [2.75, 3.05) is 6.61 Å². The van der Waals surface area contributed by atoms with E-state index >= 15 is 0 Å². The molecule has 6 nitrogen and oxygen atoms in total. The summed E-state index contributed by atoms with van der Waals surface area (Å²) >= 11 is 0. The minimum atomic E-state index is 0.271. The van der Waals surface area contributed by atoms with Crippen molar-refractivity contribution in [3.8, 4) is 0 Å². The van der Waals surface area contributed by atoms with Gasteiger partial charge in [0.15, 0.2) is 5.82 Å². The fourth-order valence-corrected chi connectivity index (χ4v) is 2.65. The van der Waals surface area contributed by atoms with Crippen molar-refractivity contribution in [1.29, 1.82) is 0 Å². The minimum Gasteiger partial charge on any atom is -0.396 e. The van der Waals surface area contributed by atoms with E-state index in [0.717, 1.165) is 18.7 Å². The molecule has 0 unspecified atom stereocenters. The predicted octanol–water partition coefficient (Wildman–Crippen LogP) is 0.895. The topological polar surface area (TPSA) is 75.9 Å². The molecule has 0 saturated heterocycles. The third-order valence-corrected chi connectivity index (χ3v) is 3.72. The summed E-state index contributed by atoms with van der Waals surface area (Å²) in [7, 11) is 0. The number of tetrazole rings is 1. The molecular weight excluding hydrogens is 230 g/mol. The Morgan fingerprint density at radius 3 is 2.89 bits per heavy atom. The molecule has 0 aromatic carbocycles. The summed E-state index contributed by atoms with van der Waals surface area (Å²) in [6, 6.07) is 0.665. The SMILES string of the molecule is CC(C)n1nnnc1CN[C@H]1CCCC[C@H]1CO. The molecule has 102 valence electrons. The van der Waals surface area contributed by atoms with Crippen LogP contribution in [-0.4, -0.2) is 38.0 Å². The van der Waals surface area contributed by atoms with Crippen LogP contribution in [0.3, 0.4) is 0 Å². The molecule has 2 atom stereocenters. The highest BCUT2D eigenvalue weighted by Crippen LogP contribution is 2.24. The van der Waals surface area contributed by atoms with Crippen LogP contribution < -0.4 is 5.32 Å². The van der Waals surface area contributed by atoms with Crippen molar-refractivity contribution in [2.24, 2.45) is 5.92 Å². The van der Waals surface area contributed by atoms with Crippen molar-refractivity contribution in [2.45, 2.75) is 58.2 Å². The number of aromatic nitrogens is 4. The molecule has 1 aromatic heterocycles. The van der Waals surface area contributed by atoms with Gasteiger partial charge in [-0.05, 0) is 43.0 Å². The predicted molar refractivity (Wildman–Crippen MR) is 67.9 cm³/mol. The van der Waals surface area contributed by atoms with E-state index in [1.165, 1.54) is 12.8 Å². The zero-order valence-electron chi connectivity index (χ0n) is 11.2. The summed E-state index contributed by atoms with van der Waals surface area (Å²) in [5.41, 5.74) is 0. The quantitative estimate of drug-likeness (QED) is 0.815. The highest BCUT2D eigenvalue weighted by Gasteiger charge is 2.24. The van der Waals surface area contributed by atoms with Gasteiger partial charge in [-0.3, -0.25) is 0 Å². The van der Waals surface area contributed by atoms with Crippen molar-refractivity contribution in [3.05, 3.63) is 5.82 Å². The van der Waals surface area contributed by atoms with E-state index in [1.807, 2.05) is 4.68 Å². The minimum absolute atomic E-state index is 0.271. The van der Waals surface area contributed by atoms with Gasteiger partial charge >= 0.3 is 0 Å². The molecule has 0 bridgehead atoms. The third-order valence-electron chi connectivity index (χ3n) is 3.72. The van der Waals surface area contributed by atoms with Crippen molar-refractivity contribution >= 4 is 0 Å². The summed E-state index contributed by atoms with van der Waals surface area (Å²) < 4.78 is 1.84. The largest absolute Gasteiger partial charge is 0.396 e. The molecular formula is C12H23N5O. The average Bonchev–Trinajstić information content (AvgIpc) is 2.85. The Balaban J connectivity index is 1.91. The molecule has 0 radical (unpaired) electrons. The zero-order chi connectivity index (χ0) is 13.0. The van der Waals surface area contributed by atoms with Crippen LogP contribution in [-0.2, 0) is 6.54 Å². The lowest BCUT2D eigenvalue weighted by Crippen LogP contribution is -2.40. The number of rotatable bonds is 5. The lowest BCUT2D eigenvalue weighted by molar-refractivity contribution is 0.151. The van der Waals surface area contributed by atoms with Gasteiger partial charge in [-0.25, -0.2) is 4.68 Å². The Morgan fingerprint density at radius 2 is 2.17 bits per heavy atom. The molecule has 0 spiro atoms. The van der Waals surface area contributed by atoms with Crippen LogP contribution >= 0.6 is 0 Å². The smallest absolute Gasteiger partial charge is 0.165 e. The molecule has 0 amide bonds. The van der Waals surface area contributed by atoms with Crippen molar-refractivity contribution in [3.63, 3.8) is 0 Å². The molecule has 1 aliphatic carbocycles. The summed E-state index contributed by atoms with van der Waals surface area (Å²) in [4.78, 5) is 0. The maximum absolute atomic E-state index is 9.38. The van der Waals surface area contributed by atoms with E-state index in [1.54, 1.807) is 0 Å². The molecule has 1 fully saturated rings. The second kappa shape index (κ2) is 6.24. The van der Waals surface area contributed by atoms with Gasteiger partial charge < -0.3 is 10.4 Å². The first-order valence-corrected chi connectivity index (χ1v) is 6.83. The fourth-order valence-electron chi connectivity index (χ4n) is 2.65. The van der Waals surface area contributed by atoms with Crippen molar-refractivity contribution < 1.29 is 5.11 Å². The van der Waals surface area contributed by atoms with Gasteiger partial charge in [-0.15, -0.1) is 5.10 Å². The van der Waals surface area contributed by atoms with Gasteiger partial charge in [0.25, 0.3) is 0 Å². The Bertz CT molecular complexity index is 365. The average molecular weight is 253 g/mol. The Hall–Kier alpha value is -1.01. The number of nitrogens with one attached hydrogen (secondary N) is 1. The zero-order valence-corrected chi connectivity index (χ0v) is 11.2. The van der Waals surface area contributed by atoms with Gasteiger partial charge in [0.05, 0.1) is 12.6 Å². The highest BCUT2D eigenvalue weighted by molar-refractivity contribution is 4.86. The molecule has 1 aromatic rings. The standard InChI is InChI=1S/C12H23N5O/c1-9(2)17-12(14-15-16-17)7-13-11-6-4-3-5-10(11)8-18/h9-11,13,18H,3-8H2,1-2H3/t10-,11-/m0/s1. The molecule has 2 rings (SSSR count). The molecule has 1 aliphatic rings. The lowest BCUT2D eigenvalue weighted by atomic mass is 9.85. The van der Waals surface area contributed by atoms with Gasteiger partial charge in [0.1, 0.15) is 0 Å². The van der Waals surface area contributed by atoms with E-state index < -0.39 is 0 Å². The summed E-state index contributed by atoms with van der Waals surface area (Å²) in [5, 5.41) is 24.6. The number of aliphatic hydroxyl groups excluding tert-OH is 1.